The molecule has 0 fully saturated rings. The van der Waals surface area contributed by atoms with Crippen LogP contribution in [0.2, 0.25) is 0 Å². The van der Waals surface area contributed by atoms with Crippen molar-refractivity contribution in [3.05, 3.63) is 58.7 Å². The molecule has 4 rings (SSSR count). The van der Waals surface area contributed by atoms with Crippen molar-refractivity contribution in [3.63, 3.8) is 0 Å². The Bertz CT molecular complexity index is 876. The fourth-order valence-corrected chi connectivity index (χ4v) is 3.59. The SMILES string of the molecule is CN1CCc2ccc(NC(=O)Cc3ccc4c(c3)C(=O)CCO4)cc2C1. The lowest BCUT2D eigenvalue weighted by molar-refractivity contribution is -0.115. The molecule has 26 heavy (non-hydrogen) atoms. The van der Waals surface area contributed by atoms with Gasteiger partial charge in [-0.3, -0.25) is 9.59 Å². The second-order valence-corrected chi connectivity index (χ2v) is 7.05. The molecule has 0 unspecified atom stereocenters. The molecule has 0 bridgehead atoms. The van der Waals surface area contributed by atoms with Gasteiger partial charge in [0, 0.05) is 25.2 Å². The number of nitrogens with zero attached hydrogens (tertiary/aromatic N) is 1. The van der Waals surface area contributed by atoms with E-state index in [0.717, 1.165) is 30.8 Å². The molecule has 2 heterocycles. The van der Waals surface area contributed by atoms with E-state index in [1.165, 1.54) is 11.1 Å². The summed E-state index contributed by atoms with van der Waals surface area (Å²) >= 11 is 0. The zero-order valence-electron chi connectivity index (χ0n) is 14.9. The van der Waals surface area contributed by atoms with Crippen molar-refractivity contribution in [1.82, 2.24) is 4.90 Å². The van der Waals surface area contributed by atoms with Crippen LogP contribution < -0.4 is 10.1 Å². The monoisotopic (exact) mass is 350 g/mol. The van der Waals surface area contributed by atoms with Gasteiger partial charge >= 0.3 is 0 Å². The highest BCUT2D eigenvalue weighted by atomic mass is 16.5. The van der Waals surface area contributed by atoms with Crippen LogP contribution in [-0.2, 0) is 24.2 Å². The Morgan fingerprint density at radius 1 is 1.15 bits per heavy atom. The van der Waals surface area contributed by atoms with Gasteiger partial charge in [0.05, 0.1) is 18.6 Å². The quantitative estimate of drug-likeness (QED) is 0.925. The number of amides is 1. The predicted octanol–water partition coefficient (Wildman–Crippen LogP) is 2.82. The number of nitrogens with one attached hydrogen (secondary N) is 1. The lowest BCUT2D eigenvalue weighted by Crippen LogP contribution is -2.26. The molecule has 1 amide bonds. The number of anilines is 1. The van der Waals surface area contributed by atoms with E-state index >= 15 is 0 Å². The summed E-state index contributed by atoms with van der Waals surface area (Å²) in [5, 5.41) is 2.97. The first-order valence-electron chi connectivity index (χ1n) is 8.97. The van der Waals surface area contributed by atoms with Gasteiger partial charge in [0.1, 0.15) is 5.75 Å². The number of ketones is 1. The summed E-state index contributed by atoms with van der Waals surface area (Å²) in [6, 6.07) is 11.5. The minimum atomic E-state index is -0.0850. The molecule has 2 aliphatic heterocycles. The number of ether oxygens (including phenoxy) is 1. The van der Waals surface area contributed by atoms with Gasteiger partial charge in [-0.05, 0) is 54.4 Å². The highest BCUT2D eigenvalue weighted by Gasteiger charge is 2.19. The normalized spacial score (nSPS) is 16.4. The van der Waals surface area contributed by atoms with E-state index in [-0.39, 0.29) is 18.1 Å². The number of Topliss-reactive ketones (excluding diaryl/α,β-unsaturated/α-hetero) is 1. The Morgan fingerprint density at radius 2 is 2.04 bits per heavy atom. The zero-order chi connectivity index (χ0) is 18.1. The van der Waals surface area contributed by atoms with Crippen LogP contribution in [0.5, 0.6) is 5.75 Å². The number of likely N-dealkylation sites (N-methyl/N-ethyl adjacent to an activating group) is 1. The molecule has 0 radical (unpaired) electrons. The topological polar surface area (TPSA) is 58.6 Å². The Labute approximate surface area is 153 Å². The predicted molar refractivity (Wildman–Crippen MR) is 99.7 cm³/mol. The first-order valence-corrected chi connectivity index (χ1v) is 8.97. The number of hydrogen-bond donors (Lipinski definition) is 1. The van der Waals surface area contributed by atoms with Gasteiger partial charge in [-0.15, -0.1) is 0 Å². The van der Waals surface area contributed by atoms with Gasteiger partial charge in [-0.25, -0.2) is 0 Å². The first-order chi connectivity index (χ1) is 12.6. The highest BCUT2D eigenvalue weighted by Crippen LogP contribution is 2.26. The number of carbonyl (C=O) groups is 2. The number of hydrogen-bond acceptors (Lipinski definition) is 4. The molecule has 5 nitrogen and oxygen atoms in total. The number of benzene rings is 2. The molecule has 2 aliphatic rings. The maximum absolute atomic E-state index is 12.4. The minimum Gasteiger partial charge on any atom is -0.492 e. The van der Waals surface area contributed by atoms with Crippen molar-refractivity contribution in [2.45, 2.75) is 25.8 Å². The molecule has 0 atom stereocenters. The Morgan fingerprint density at radius 3 is 2.92 bits per heavy atom. The van der Waals surface area contributed by atoms with Gasteiger partial charge in [-0.1, -0.05) is 12.1 Å². The molecule has 0 aliphatic carbocycles. The Balaban J connectivity index is 1.45. The van der Waals surface area contributed by atoms with E-state index in [4.69, 9.17) is 4.74 Å². The fourth-order valence-electron chi connectivity index (χ4n) is 3.59. The molecule has 0 saturated heterocycles. The summed E-state index contributed by atoms with van der Waals surface area (Å²) in [5.74, 6) is 0.606. The largest absolute Gasteiger partial charge is 0.492 e. The van der Waals surface area contributed by atoms with Gasteiger partial charge in [-0.2, -0.15) is 0 Å². The summed E-state index contributed by atoms with van der Waals surface area (Å²) in [4.78, 5) is 26.7. The minimum absolute atomic E-state index is 0.0762. The second-order valence-electron chi connectivity index (χ2n) is 7.05. The van der Waals surface area contributed by atoms with Crippen LogP contribution in [0.4, 0.5) is 5.69 Å². The van der Waals surface area contributed by atoms with Crippen LogP contribution in [0.15, 0.2) is 36.4 Å². The van der Waals surface area contributed by atoms with Crippen LogP contribution >= 0.6 is 0 Å². The summed E-state index contributed by atoms with van der Waals surface area (Å²) in [6.07, 6.45) is 1.68. The molecule has 2 aromatic carbocycles. The van der Waals surface area contributed by atoms with Crippen LogP contribution in [0.1, 0.15) is 33.5 Å². The average molecular weight is 350 g/mol. The third-order valence-corrected chi connectivity index (χ3v) is 4.99. The third kappa shape index (κ3) is 3.48. The number of carbonyl (C=O) groups excluding carboxylic acids is 2. The molecule has 2 aromatic rings. The van der Waals surface area contributed by atoms with Gasteiger partial charge < -0.3 is 15.0 Å². The molecule has 134 valence electrons. The molecule has 0 spiro atoms. The van der Waals surface area contributed by atoms with Crippen molar-refractivity contribution in [1.29, 1.82) is 0 Å². The van der Waals surface area contributed by atoms with Crippen LogP contribution in [0.3, 0.4) is 0 Å². The first kappa shape index (κ1) is 16.8. The van der Waals surface area contributed by atoms with E-state index in [0.29, 0.717) is 24.3 Å². The van der Waals surface area contributed by atoms with Crippen molar-refractivity contribution >= 4 is 17.4 Å². The standard InChI is InChI=1S/C21H22N2O3/c1-23-8-6-15-3-4-17(12-16(15)13-23)22-21(25)11-14-2-5-20-18(10-14)19(24)7-9-26-20/h2-5,10,12H,6-9,11,13H2,1H3,(H,22,25). The summed E-state index contributed by atoms with van der Waals surface area (Å²) in [5.41, 5.74) is 4.85. The molecule has 0 aromatic heterocycles. The number of fused-ring (bicyclic) bond motifs is 2. The lowest BCUT2D eigenvalue weighted by Gasteiger charge is -2.25. The molecular weight excluding hydrogens is 328 g/mol. The molecular formula is C21H22N2O3. The van der Waals surface area contributed by atoms with E-state index in [2.05, 4.69) is 29.4 Å². The van der Waals surface area contributed by atoms with Crippen LogP contribution in [0, 0.1) is 0 Å². The Hall–Kier alpha value is -2.66. The van der Waals surface area contributed by atoms with E-state index in [1.807, 2.05) is 12.1 Å². The van der Waals surface area contributed by atoms with Crippen LogP contribution in [-0.4, -0.2) is 36.8 Å². The third-order valence-electron chi connectivity index (χ3n) is 4.99. The van der Waals surface area contributed by atoms with E-state index in [1.54, 1.807) is 12.1 Å². The second kappa shape index (κ2) is 6.92. The average Bonchev–Trinajstić information content (AvgIpc) is 2.62. The smallest absolute Gasteiger partial charge is 0.228 e. The van der Waals surface area contributed by atoms with Gasteiger partial charge in [0.25, 0.3) is 0 Å². The van der Waals surface area contributed by atoms with Crippen molar-refractivity contribution < 1.29 is 14.3 Å². The van der Waals surface area contributed by atoms with Crippen LogP contribution in [0.25, 0.3) is 0 Å². The van der Waals surface area contributed by atoms with Crippen molar-refractivity contribution in [2.75, 3.05) is 25.5 Å². The van der Waals surface area contributed by atoms with Gasteiger partial charge in [0.2, 0.25) is 5.91 Å². The van der Waals surface area contributed by atoms with Crippen molar-refractivity contribution in [3.8, 4) is 5.75 Å². The van der Waals surface area contributed by atoms with E-state index in [9.17, 15) is 9.59 Å². The summed E-state index contributed by atoms with van der Waals surface area (Å²) < 4.78 is 5.49. The highest BCUT2D eigenvalue weighted by molar-refractivity contribution is 6.00. The zero-order valence-corrected chi connectivity index (χ0v) is 14.9. The maximum atomic E-state index is 12.4. The fraction of sp³-hybridized carbons (Fsp3) is 0.333. The summed E-state index contributed by atoms with van der Waals surface area (Å²) in [7, 11) is 2.11. The maximum Gasteiger partial charge on any atom is 0.228 e. The molecule has 0 saturated carbocycles. The molecule has 5 heteroatoms. The van der Waals surface area contributed by atoms with Gasteiger partial charge in [0.15, 0.2) is 5.78 Å². The van der Waals surface area contributed by atoms with Crippen molar-refractivity contribution in [2.24, 2.45) is 0 Å². The Kier molecular flexibility index (Phi) is 4.47. The van der Waals surface area contributed by atoms with E-state index < -0.39 is 0 Å². The molecule has 1 N–H and O–H groups in total. The summed E-state index contributed by atoms with van der Waals surface area (Å²) in [6.45, 7) is 2.41. The number of rotatable bonds is 3. The lowest BCUT2D eigenvalue weighted by atomic mass is 9.99.